The van der Waals surface area contributed by atoms with Crippen molar-refractivity contribution in [3.05, 3.63) is 30.3 Å². The summed E-state index contributed by atoms with van der Waals surface area (Å²) in [5, 5.41) is 0. The fraction of sp³-hybridized carbons (Fsp3) is 0.500. The zero-order valence-electron chi connectivity index (χ0n) is 10.4. The molecule has 1 rings (SSSR count). The van der Waals surface area contributed by atoms with Crippen LogP contribution < -0.4 is 0 Å². The number of hydrogen-bond acceptors (Lipinski definition) is 3. The van der Waals surface area contributed by atoms with Crippen LogP contribution in [0.1, 0.15) is 32.1 Å². The van der Waals surface area contributed by atoms with Crippen molar-refractivity contribution >= 4 is 17.7 Å². The van der Waals surface area contributed by atoms with Gasteiger partial charge in [0, 0.05) is 11.3 Å². The Kier molecular flexibility index (Phi) is 7.56. The van der Waals surface area contributed by atoms with E-state index < -0.39 is 0 Å². The zero-order chi connectivity index (χ0) is 12.3. The number of hydrogen-bond donors (Lipinski definition) is 0. The number of methoxy groups -OCH3 is 1. The van der Waals surface area contributed by atoms with Gasteiger partial charge in [-0.2, -0.15) is 0 Å². The third-order valence-corrected chi connectivity index (χ3v) is 3.61. The standard InChI is InChI=1S/C14H20O2S/c1-16-14(15)11-7-2-3-8-12-17-13-9-5-4-6-10-13/h4-6,9-10H,2-3,7-8,11-12H2,1H3. The van der Waals surface area contributed by atoms with Gasteiger partial charge in [-0.15, -0.1) is 11.8 Å². The first-order valence-electron chi connectivity index (χ1n) is 6.07. The molecular weight excluding hydrogens is 232 g/mol. The highest BCUT2D eigenvalue weighted by Crippen LogP contribution is 2.19. The van der Waals surface area contributed by atoms with Gasteiger partial charge in [0.15, 0.2) is 0 Å². The Morgan fingerprint density at radius 3 is 2.53 bits per heavy atom. The van der Waals surface area contributed by atoms with Gasteiger partial charge >= 0.3 is 5.97 Å². The zero-order valence-corrected chi connectivity index (χ0v) is 11.2. The number of carbonyl (C=O) groups excluding carboxylic acids is 1. The third kappa shape index (κ3) is 7.05. The maximum Gasteiger partial charge on any atom is 0.305 e. The maximum absolute atomic E-state index is 10.9. The van der Waals surface area contributed by atoms with Crippen molar-refractivity contribution in [2.75, 3.05) is 12.9 Å². The van der Waals surface area contributed by atoms with E-state index in [1.54, 1.807) is 0 Å². The van der Waals surface area contributed by atoms with E-state index in [2.05, 4.69) is 29.0 Å². The maximum atomic E-state index is 10.9. The van der Waals surface area contributed by atoms with Crippen molar-refractivity contribution in [3.8, 4) is 0 Å². The van der Waals surface area contributed by atoms with Crippen LogP contribution in [0, 0.1) is 0 Å². The van der Waals surface area contributed by atoms with E-state index in [4.69, 9.17) is 0 Å². The predicted octanol–water partition coefficient (Wildman–Crippen LogP) is 3.90. The van der Waals surface area contributed by atoms with E-state index >= 15 is 0 Å². The molecule has 0 aliphatic rings. The summed E-state index contributed by atoms with van der Waals surface area (Å²) in [5.74, 6) is 1.06. The molecule has 0 heterocycles. The molecule has 2 nitrogen and oxygen atoms in total. The lowest BCUT2D eigenvalue weighted by Gasteiger charge is -2.02. The number of rotatable bonds is 8. The molecule has 0 bridgehead atoms. The second kappa shape index (κ2) is 9.11. The summed E-state index contributed by atoms with van der Waals surface area (Å²) in [7, 11) is 1.44. The molecule has 0 saturated carbocycles. The van der Waals surface area contributed by atoms with Crippen molar-refractivity contribution in [2.24, 2.45) is 0 Å². The van der Waals surface area contributed by atoms with E-state index in [0.29, 0.717) is 6.42 Å². The van der Waals surface area contributed by atoms with E-state index in [9.17, 15) is 4.79 Å². The number of thioether (sulfide) groups is 1. The number of ether oxygens (including phenoxy) is 1. The highest BCUT2D eigenvalue weighted by atomic mass is 32.2. The van der Waals surface area contributed by atoms with Crippen LogP contribution in [0.2, 0.25) is 0 Å². The van der Waals surface area contributed by atoms with Crippen molar-refractivity contribution < 1.29 is 9.53 Å². The van der Waals surface area contributed by atoms with Crippen LogP contribution >= 0.6 is 11.8 Å². The molecule has 94 valence electrons. The van der Waals surface area contributed by atoms with Crippen LogP contribution in [0.3, 0.4) is 0 Å². The molecule has 1 aromatic rings. The van der Waals surface area contributed by atoms with Crippen LogP contribution in [0.4, 0.5) is 0 Å². The SMILES string of the molecule is COC(=O)CCCCCCSc1ccccc1. The molecule has 0 amide bonds. The molecule has 0 aliphatic heterocycles. The normalized spacial score (nSPS) is 10.2. The molecule has 3 heteroatoms. The summed E-state index contributed by atoms with van der Waals surface area (Å²) in [6.07, 6.45) is 5.02. The molecule has 0 aromatic heterocycles. The summed E-state index contributed by atoms with van der Waals surface area (Å²) in [6.45, 7) is 0. The van der Waals surface area contributed by atoms with Crippen LogP contribution in [-0.4, -0.2) is 18.8 Å². The lowest BCUT2D eigenvalue weighted by molar-refractivity contribution is -0.140. The molecule has 0 unspecified atom stereocenters. The molecule has 0 saturated heterocycles. The number of benzene rings is 1. The second-order valence-corrected chi connectivity index (χ2v) is 5.07. The fourth-order valence-electron chi connectivity index (χ4n) is 1.53. The van der Waals surface area contributed by atoms with E-state index in [0.717, 1.165) is 18.6 Å². The first-order valence-corrected chi connectivity index (χ1v) is 7.06. The molecule has 0 aliphatic carbocycles. The summed E-state index contributed by atoms with van der Waals surface area (Å²) in [6, 6.07) is 10.5. The third-order valence-electron chi connectivity index (χ3n) is 2.51. The topological polar surface area (TPSA) is 26.3 Å². The summed E-state index contributed by atoms with van der Waals surface area (Å²) in [4.78, 5) is 12.2. The smallest absolute Gasteiger partial charge is 0.305 e. The Bertz CT molecular complexity index is 311. The summed E-state index contributed by atoms with van der Waals surface area (Å²) in [5.41, 5.74) is 0. The molecule has 0 N–H and O–H groups in total. The largest absolute Gasteiger partial charge is 0.469 e. The highest BCUT2D eigenvalue weighted by Gasteiger charge is 1.99. The van der Waals surface area contributed by atoms with Gasteiger partial charge < -0.3 is 4.74 Å². The molecular formula is C14H20O2S. The van der Waals surface area contributed by atoms with Crippen molar-refractivity contribution in [2.45, 2.75) is 37.0 Å². The van der Waals surface area contributed by atoms with Gasteiger partial charge in [-0.05, 0) is 30.7 Å². The van der Waals surface area contributed by atoms with Crippen molar-refractivity contribution in [1.82, 2.24) is 0 Å². The monoisotopic (exact) mass is 252 g/mol. The van der Waals surface area contributed by atoms with Gasteiger partial charge in [-0.25, -0.2) is 0 Å². The molecule has 1 aromatic carbocycles. The average Bonchev–Trinajstić information content (AvgIpc) is 2.38. The lowest BCUT2D eigenvalue weighted by Crippen LogP contribution is -1.99. The number of carbonyl (C=O) groups is 1. The summed E-state index contributed by atoms with van der Waals surface area (Å²) < 4.78 is 4.59. The van der Waals surface area contributed by atoms with Crippen molar-refractivity contribution in [3.63, 3.8) is 0 Å². The van der Waals surface area contributed by atoms with Gasteiger partial charge in [0.2, 0.25) is 0 Å². The highest BCUT2D eigenvalue weighted by molar-refractivity contribution is 7.99. The minimum absolute atomic E-state index is 0.0938. The van der Waals surface area contributed by atoms with Gasteiger partial charge in [0.05, 0.1) is 7.11 Å². The van der Waals surface area contributed by atoms with Crippen LogP contribution in [0.5, 0.6) is 0 Å². The van der Waals surface area contributed by atoms with Gasteiger partial charge in [-0.1, -0.05) is 31.0 Å². The summed E-state index contributed by atoms with van der Waals surface area (Å²) >= 11 is 1.90. The first-order chi connectivity index (χ1) is 8.33. The predicted molar refractivity (Wildman–Crippen MR) is 72.3 cm³/mol. The van der Waals surface area contributed by atoms with Gasteiger partial charge in [0.25, 0.3) is 0 Å². The Morgan fingerprint density at radius 2 is 1.82 bits per heavy atom. The van der Waals surface area contributed by atoms with Crippen LogP contribution in [0.25, 0.3) is 0 Å². The molecule has 0 atom stereocenters. The Labute approximate surface area is 108 Å². The molecule has 17 heavy (non-hydrogen) atoms. The Morgan fingerprint density at radius 1 is 1.12 bits per heavy atom. The van der Waals surface area contributed by atoms with Crippen LogP contribution in [0.15, 0.2) is 35.2 Å². The number of unbranched alkanes of at least 4 members (excludes halogenated alkanes) is 3. The fourth-order valence-corrected chi connectivity index (χ4v) is 2.47. The Hall–Kier alpha value is -0.960. The lowest BCUT2D eigenvalue weighted by atomic mass is 10.1. The van der Waals surface area contributed by atoms with Gasteiger partial charge in [0.1, 0.15) is 0 Å². The quantitative estimate of drug-likeness (QED) is 0.399. The molecule has 0 radical (unpaired) electrons. The number of esters is 1. The minimum atomic E-state index is -0.0938. The van der Waals surface area contributed by atoms with Crippen molar-refractivity contribution in [1.29, 1.82) is 0 Å². The average molecular weight is 252 g/mol. The van der Waals surface area contributed by atoms with Gasteiger partial charge in [-0.3, -0.25) is 4.79 Å². The Balaban J connectivity index is 1.93. The van der Waals surface area contributed by atoms with Crippen LogP contribution in [-0.2, 0) is 9.53 Å². The molecule has 0 spiro atoms. The minimum Gasteiger partial charge on any atom is -0.469 e. The van der Waals surface area contributed by atoms with E-state index in [1.165, 1.54) is 24.8 Å². The molecule has 0 fully saturated rings. The van der Waals surface area contributed by atoms with E-state index in [-0.39, 0.29) is 5.97 Å². The second-order valence-electron chi connectivity index (χ2n) is 3.90. The van der Waals surface area contributed by atoms with E-state index in [1.807, 2.05) is 17.8 Å². The first kappa shape index (κ1) is 14.1.